The number of ether oxygens (including phenoxy) is 2. The van der Waals surface area contributed by atoms with E-state index in [2.05, 4.69) is 52.5 Å². The summed E-state index contributed by atoms with van der Waals surface area (Å²) in [6.07, 6.45) is 8.30. The standard InChI is InChI=1S/C27H41BrN2O3/c1-7-32-21-9-18(8-20(28)23(21)33-14-22(31)30-24(2,3)4)13-29-27-12-19-10-25(5,16-27)15-26(6,11-19)17-27/h8-9,19,29H,7,10-17H2,1-6H3,(H,30,31)/p+1/t19?,25-,26+,27?. The maximum absolute atomic E-state index is 12.2. The first kappa shape index (κ1) is 24.8. The van der Waals surface area contributed by atoms with Gasteiger partial charge in [0.15, 0.2) is 18.1 Å². The Hall–Kier alpha value is -1.27. The number of benzene rings is 1. The number of carbonyl (C=O) groups excluding carboxylic acids is 1. The number of amides is 1. The quantitative estimate of drug-likeness (QED) is 0.508. The predicted octanol–water partition coefficient (Wildman–Crippen LogP) is 4.95. The molecule has 1 amide bonds. The Morgan fingerprint density at radius 3 is 2.36 bits per heavy atom. The highest BCUT2D eigenvalue weighted by atomic mass is 79.9. The number of quaternary nitrogens is 1. The van der Waals surface area contributed by atoms with Gasteiger partial charge in [-0.05, 0) is 91.8 Å². The number of nitrogens with one attached hydrogen (secondary N) is 1. The van der Waals surface area contributed by atoms with E-state index in [1.165, 1.54) is 44.1 Å². The fourth-order valence-corrected chi connectivity index (χ4v) is 8.44. The molecule has 0 heterocycles. The minimum atomic E-state index is -0.286. The molecule has 33 heavy (non-hydrogen) atoms. The SMILES string of the molecule is CCOc1cc(C[NH2+]C23CC4C[C@@](C)(C2)C[C@](C)(C4)C3)cc(Br)c1OCC(=O)NC(C)(C)C. The van der Waals surface area contributed by atoms with E-state index in [9.17, 15) is 4.79 Å². The summed E-state index contributed by atoms with van der Waals surface area (Å²) in [6.45, 7) is 14.4. The lowest BCUT2D eigenvalue weighted by atomic mass is 9.43. The van der Waals surface area contributed by atoms with Crippen molar-refractivity contribution in [1.82, 2.24) is 5.32 Å². The summed E-state index contributed by atoms with van der Waals surface area (Å²) in [5, 5.41) is 5.56. The Morgan fingerprint density at radius 1 is 1.12 bits per heavy atom. The minimum absolute atomic E-state index is 0.0386. The third kappa shape index (κ3) is 5.70. The van der Waals surface area contributed by atoms with Crippen molar-refractivity contribution in [3.63, 3.8) is 0 Å². The molecule has 0 saturated heterocycles. The first-order valence-corrected chi connectivity index (χ1v) is 13.3. The van der Waals surface area contributed by atoms with E-state index in [4.69, 9.17) is 9.47 Å². The summed E-state index contributed by atoms with van der Waals surface area (Å²) in [4.78, 5) is 12.2. The third-order valence-corrected chi connectivity index (χ3v) is 8.26. The van der Waals surface area contributed by atoms with E-state index >= 15 is 0 Å². The van der Waals surface area contributed by atoms with Crippen LogP contribution in [-0.4, -0.2) is 30.2 Å². The molecular formula is C27H42BrN2O3+. The molecule has 0 aromatic heterocycles. The van der Waals surface area contributed by atoms with Crippen LogP contribution in [0.3, 0.4) is 0 Å². The second-order valence-electron chi connectivity index (χ2n) is 12.8. The van der Waals surface area contributed by atoms with Crippen molar-refractivity contribution >= 4 is 21.8 Å². The van der Waals surface area contributed by atoms with Crippen molar-refractivity contribution in [2.24, 2.45) is 16.7 Å². The molecule has 5 nitrogen and oxygen atoms in total. The molecule has 4 aliphatic carbocycles. The van der Waals surface area contributed by atoms with Crippen molar-refractivity contribution in [2.75, 3.05) is 13.2 Å². The van der Waals surface area contributed by atoms with Gasteiger partial charge < -0.3 is 20.1 Å². The zero-order valence-electron chi connectivity index (χ0n) is 21.3. The fourth-order valence-electron chi connectivity index (χ4n) is 7.83. The van der Waals surface area contributed by atoms with Crippen molar-refractivity contribution in [3.05, 3.63) is 22.2 Å². The number of hydrogen-bond donors (Lipinski definition) is 2. The number of halogens is 1. The van der Waals surface area contributed by atoms with Crippen molar-refractivity contribution < 1.29 is 19.6 Å². The lowest BCUT2D eigenvalue weighted by Gasteiger charge is -2.63. The van der Waals surface area contributed by atoms with E-state index < -0.39 is 0 Å². The fraction of sp³-hybridized carbons (Fsp3) is 0.741. The van der Waals surface area contributed by atoms with Gasteiger partial charge in [0.2, 0.25) is 0 Å². The number of rotatable bonds is 8. The Bertz CT molecular complexity index is 891. The van der Waals surface area contributed by atoms with Crippen LogP contribution in [0.4, 0.5) is 0 Å². The average molecular weight is 523 g/mol. The van der Waals surface area contributed by atoms with Crippen LogP contribution < -0.4 is 20.1 Å². The first-order chi connectivity index (χ1) is 15.3. The molecule has 5 rings (SSSR count). The molecule has 4 aliphatic rings. The van der Waals surface area contributed by atoms with Crippen LogP contribution in [0, 0.1) is 16.7 Å². The van der Waals surface area contributed by atoms with Crippen LogP contribution in [-0.2, 0) is 11.3 Å². The molecule has 3 N–H and O–H groups in total. The first-order valence-electron chi connectivity index (χ1n) is 12.6. The normalized spacial score (nSPS) is 32.6. The predicted molar refractivity (Wildman–Crippen MR) is 134 cm³/mol. The van der Waals surface area contributed by atoms with Crippen LogP contribution >= 0.6 is 15.9 Å². The highest BCUT2D eigenvalue weighted by molar-refractivity contribution is 9.10. The molecule has 2 unspecified atom stereocenters. The molecule has 1 aromatic rings. The molecule has 184 valence electrons. The number of hydrogen-bond acceptors (Lipinski definition) is 3. The molecule has 0 spiro atoms. The molecule has 4 bridgehead atoms. The van der Waals surface area contributed by atoms with Gasteiger partial charge >= 0.3 is 0 Å². The summed E-state index contributed by atoms with van der Waals surface area (Å²) in [7, 11) is 0. The Balaban J connectivity index is 1.46. The molecule has 4 saturated carbocycles. The third-order valence-electron chi connectivity index (χ3n) is 7.67. The van der Waals surface area contributed by atoms with E-state index in [0.717, 1.165) is 16.9 Å². The lowest BCUT2D eigenvalue weighted by Crippen LogP contribution is -2.98. The van der Waals surface area contributed by atoms with Gasteiger partial charge in [-0.3, -0.25) is 4.79 Å². The smallest absolute Gasteiger partial charge is 0.258 e. The molecule has 6 heteroatoms. The van der Waals surface area contributed by atoms with Crippen LogP contribution in [0.1, 0.15) is 85.6 Å². The largest absolute Gasteiger partial charge is 0.490 e. The van der Waals surface area contributed by atoms with Gasteiger partial charge in [-0.25, -0.2) is 0 Å². The minimum Gasteiger partial charge on any atom is -0.490 e. The monoisotopic (exact) mass is 521 g/mol. The van der Waals surface area contributed by atoms with Crippen molar-refractivity contribution in [2.45, 2.75) is 97.7 Å². The maximum atomic E-state index is 12.2. The van der Waals surface area contributed by atoms with Gasteiger partial charge in [0.1, 0.15) is 6.54 Å². The molecule has 4 fully saturated rings. The van der Waals surface area contributed by atoms with Crippen LogP contribution in [0.2, 0.25) is 0 Å². The van der Waals surface area contributed by atoms with E-state index in [-0.39, 0.29) is 18.1 Å². The van der Waals surface area contributed by atoms with Gasteiger partial charge in [0.25, 0.3) is 5.91 Å². The average Bonchev–Trinajstić information content (AvgIpc) is 2.61. The van der Waals surface area contributed by atoms with Crippen LogP contribution in [0.5, 0.6) is 11.5 Å². The van der Waals surface area contributed by atoms with Gasteiger partial charge in [0, 0.05) is 30.4 Å². The molecule has 4 atom stereocenters. The second kappa shape index (κ2) is 8.75. The highest BCUT2D eigenvalue weighted by Crippen LogP contribution is 2.65. The zero-order chi connectivity index (χ0) is 24.1. The van der Waals surface area contributed by atoms with Crippen molar-refractivity contribution in [3.8, 4) is 11.5 Å². The van der Waals surface area contributed by atoms with E-state index in [1.54, 1.807) is 0 Å². The molecule has 1 aromatic carbocycles. The van der Waals surface area contributed by atoms with Gasteiger partial charge in [0.05, 0.1) is 16.6 Å². The Labute approximate surface area is 207 Å². The Kier molecular flexibility index (Phi) is 6.58. The summed E-state index contributed by atoms with van der Waals surface area (Å²) in [6, 6.07) is 4.21. The molecule has 0 aliphatic heterocycles. The topological polar surface area (TPSA) is 64.2 Å². The van der Waals surface area contributed by atoms with Gasteiger partial charge in [-0.2, -0.15) is 0 Å². The molecule has 0 radical (unpaired) electrons. The zero-order valence-corrected chi connectivity index (χ0v) is 22.9. The van der Waals surface area contributed by atoms with E-state index in [1.807, 2.05) is 27.7 Å². The number of nitrogens with two attached hydrogens (primary N) is 1. The number of carbonyl (C=O) groups is 1. The Morgan fingerprint density at radius 2 is 1.79 bits per heavy atom. The van der Waals surface area contributed by atoms with Gasteiger partial charge in [-0.1, -0.05) is 13.8 Å². The van der Waals surface area contributed by atoms with Crippen LogP contribution in [0.25, 0.3) is 0 Å². The van der Waals surface area contributed by atoms with Crippen LogP contribution in [0.15, 0.2) is 16.6 Å². The van der Waals surface area contributed by atoms with E-state index in [0.29, 0.717) is 34.5 Å². The molecular weight excluding hydrogens is 480 g/mol. The van der Waals surface area contributed by atoms with Crippen molar-refractivity contribution in [1.29, 1.82) is 0 Å². The van der Waals surface area contributed by atoms with Gasteiger partial charge in [-0.15, -0.1) is 0 Å². The lowest BCUT2D eigenvalue weighted by molar-refractivity contribution is -0.755. The summed E-state index contributed by atoms with van der Waals surface area (Å²) < 4.78 is 12.7. The maximum Gasteiger partial charge on any atom is 0.258 e. The summed E-state index contributed by atoms with van der Waals surface area (Å²) >= 11 is 3.68. The summed E-state index contributed by atoms with van der Waals surface area (Å²) in [5.41, 5.74) is 2.36. The second-order valence-corrected chi connectivity index (χ2v) is 13.7. The highest BCUT2D eigenvalue weighted by Gasteiger charge is 2.62. The summed E-state index contributed by atoms with van der Waals surface area (Å²) in [5.74, 6) is 2.05.